The summed E-state index contributed by atoms with van der Waals surface area (Å²) < 4.78 is 75.0. The molecule has 0 spiro atoms. The van der Waals surface area contributed by atoms with Gasteiger partial charge in [-0.05, 0) is 37.1 Å². The number of nitrogens with one attached hydrogen (secondary N) is 2. The molecule has 3 aliphatic rings. The monoisotopic (exact) mass is 960 g/mol. The lowest BCUT2D eigenvalue weighted by molar-refractivity contribution is -0.0536. The molecule has 0 radical (unpaired) electrons. The summed E-state index contributed by atoms with van der Waals surface area (Å²) in [6.07, 6.45) is -6.30. The Morgan fingerprint density at radius 1 is 0.833 bits per heavy atom. The van der Waals surface area contributed by atoms with Crippen LogP contribution in [0.15, 0.2) is 42.6 Å². The summed E-state index contributed by atoms with van der Waals surface area (Å²) >= 11 is 13.2. The van der Waals surface area contributed by atoms with Crippen LogP contribution in [0.2, 0.25) is 0 Å². The summed E-state index contributed by atoms with van der Waals surface area (Å²) in [6, 6.07) is 0. The molecule has 24 nitrogen and oxygen atoms in total. The molecule has 60 heavy (non-hydrogen) atoms. The lowest BCUT2D eigenvalue weighted by atomic mass is 10.2. The zero-order valence-electron chi connectivity index (χ0n) is 31.7. The molecule has 0 aromatic carbocycles. The molecule has 12 atom stereocenters. The third-order valence-electron chi connectivity index (χ3n) is 9.68. The number of nitrogen functional groups attached to an aromatic ring is 1. The molecule has 6 N–H and O–H groups in total. The predicted octanol–water partition coefficient (Wildman–Crippen LogP) is 0.737. The van der Waals surface area contributed by atoms with Crippen LogP contribution in [0.25, 0.3) is 0 Å². The van der Waals surface area contributed by atoms with Crippen molar-refractivity contribution >= 4 is 62.9 Å². The number of hydrogen-bond acceptors (Lipinski definition) is 19. The summed E-state index contributed by atoms with van der Waals surface area (Å²) in [5.41, 5.74) is 3.00. The first-order valence-corrected chi connectivity index (χ1v) is 25.5. The van der Waals surface area contributed by atoms with Gasteiger partial charge in [0.05, 0.1) is 25.9 Å². The summed E-state index contributed by atoms with van der Waals surface area (Å²) in [6.45, 7) is -5.82. The van der Waals surface area contributed by atoms with Gasteiger partial charge in [-0.3, -0.25) is 42.3 Å². The van der Waals surface area contributed by atoms with Crippen molar-refractivity contribution in [3.05, 3.63) is 87.4 Å². The van der Waals surface area contributed by atoms with Crippen molar-refractivity contribution in [3.8, 4) is 0 Å². The molecule has 6 rings (SSSR count). The van der Waals surface area contributed by atoms with Gasteiger partial charge in [-0.2, -0.15) is 4.98 Å². The first kappa shape index (κ1) is 46.8. The van der Waals surface area contributed by atoms with Crippen LogP contribution in [-0.4, -0.2) is 95.1 Å². The van der Waals surface area contributed by atoms with E-state index in [1.807, 2.05) is 0 Å². The number of anilines is 1. The minimum Gasteiger partial charge on any atom is -0.394 e. The van der Waals surface area contributed by atoms with E-state index in [9.17, 15) is 43.1 Å². The number of aromatic amines is 2. The van der Waals surface area contributed by atoms with Crippen molar-refractivity contribution in [2.24, 2.45) is 0 Å². The number of nitrogens with zero attached hydrogens (tertiary/aromatic N) is 4. The number of ether oxygens (including phenoxy) is 3. The van der Waals surface area contributed by atoms with Gasteiger partial charge in [-0.1, -0.05) is 12.2 Å². The first-order valence-electron chi connectivity index (χ1n) is 17.8. The van der Waals surface area contributed by atoms with Gasteiger partial charge in [0.2, 0.25) is 0 Å². The molecule has 30 heteroatoms. The van der Waals surface area contributed by atoms with Crippen LogP contribution >= 0.6 is 45.2 Å². The van der Waals surface area contributed by atoms with Crippen molar-refractivity contribution in [3.63, 3.8) is 0 Å². The van der Waals surface area contributed by atoms with Crippen molar-refractivity contribution in [1.29, 1.82) is 0 Å². The van der Waals surface area contributed by atoms with Crippen molar-refractivity contribution in [1.82, 2.24) is 28.7 Å². The van der Waals surface area contributed by atoms with Crippen molar-refractivity contribution in [2.75, 3.05) is 25.6 Å². The summed E-state index contributed by atoms with van der Waals surface area (Å²) in [5, 5.41) is 10.0. The number of H-pyrrole nitrogens is 2. The lowest BCUT2D eigenvalue weighted by Crippen LogP contribution is -2.33. The van der Waals surface area contributed by atoms with Gasteiger partial charge in [0, 0.05) is 54.5 Å². The van der Waals surface area contributed by atoms with Gasteiger partial charge in [0.1, 0.15) is 67.3 Å². The fourth-order valence-corrected chi connectivity index (χ4v) is 10.5. The van der Waals surface area contributed by atoms with Crippen molar-refractivity contribution in [2.45, 2.75) is 95.3 Å². The van der Waals surface area contributed by atoms with Gasteiger partial charge in [-0.15, -0.1) is 4.52 Å². The highest BCUT2D eigenvalue weighted by Crippen LogP contribution is 2.57. The second-order valence-electron chi connectivity index (χ2n) is 13.9. The van der Waals surface area contributed by atoms with E-state index in [1.165, 1.54) is 32.4 Å². The topological polar surface area (TPSA) is 319 Å². The maximum atomic E-state index is 13.8. The SMILES string of the molecule is Cc1cn(C2CC(OP(O)(=S)OCC3OC(n4cc(C)c(=O)[nH]c4=O)C[C@@H]3OP(=O)(S)OCC3OC(n4cc(C)c(=O)[nH]c4=O)C[C@@H]3O[P+](=O)S)[C@@H](CO)O2)c(=O)nc1N. The van der Waals surface area contributed by atoms with Gasteiger partial charge < -0.3 is 39.0 Å². The van der Waals surface area contributed by atoms with E-state index in [1.54, 1.807) is 6.92 Å². The number of hydrogen-bond donors (Lipinski definition) is 7. The molecule has 3 aromatic heterocycles. The Bertz CT molecular complexity index is 2520. The number of aliphatic hydroxyl groups is 1. The molecule has 0 saturated carbocycles. The normalized spacial score (nSPS) is 29.1. The molecule has 3 aliphatic heterocycles. The van der Waals surface area contributed by atoms with Crippen LogP contribution in [0.3, 0.4) is 0 Å². The average molecular weight is 961 g/mol. The molecular formula is C30H41N7O17P3S3+. The van der Waals surface area contributed by atoms with Gasteiger partial charge in [0.15, 0.2) is 0 Å². The Kier molecular flexibility index (Phi) is 14.8. The molecule has 330 valence electrons. The smallest absolute Gasteiger partial charge is 0.394 e. The molecule has 3 fully saturated rings. The summed E-state index contributed by atoms with van der Waals surface area (Å²) in [4.78, 5) is 81.2. The summed E-state index contributed by atoms with van der Waals surface area (Å²) in [5.74, 6) is 0.0287. The van der Waals surface area contributed by atoms with E-state index in [0.29, 0.717) is 5.56 Å². The quantitative estimate of drug-likeness (QED) is 0.0769. The largest absolute Gasteiger partial charge is 0.582 e. The second-order valence-corrected chi connectivity index (χ2v) is 21.3. The third-order valence-corrected chi connectivity index (χ3v) is 13.6. The average Bonchev–Trinajstić information content (AvgIpc) is 3.87. The molecule has 9 unspecified atom stereocenters. The number of aliphatic hydroxyl groups excluding tert-OH is 1. The number of aromatic nitrogens is 6. The van der Waals surface area contributed by atoms with E-state index in [4.69, 9.17) is 54.4 Å². The van der Waals surface area contributed by atoms with E-state index >= 15 is 0 Å². The maximum absolute atomic E-state index is 13.8. The van der Waals surface area contributed by atoms with E-state index < -0.39 is 124 Å². The maximum Gasteiger partial charge on any atom is 0.582 e. The molecule has 6 heterocycles. The fourth-order valence-electron chi connectivity index (χ4n) is 6.65. The van der Waals surface area contributed by atoms with Crippen LogP contribution in [0.1, 0.15) is 54.6 Å². The number of aryl methyl sites for hydroxylation is 3. The van der Waals surface area contributed by atoms with E-state index in [0.717, 1.165) is 13.7 Å². The fraction of sp³-hybridized carbons (Fsp3) is 0.600. The Labute approximate surface area is 354 Å². The highest BCUT2D eigenvalue weighted by atomic mass is 32.7. The van der Waals surface area contributed by atoms with Gasteiger partial charge in [-0.25, -0.2) is 18.9 Å². The first-order chi connectivity index (χ1) is 28.1. The zero-order chi connectivity index (χ0) is 43.8. The molecule has 0 amide bonds. The molecule has 0 aliphatic carbocycles. The van der Waals surface area contributed by atoms with Crippen LogP contribution in [0.5, 0.6) is 0 Å². The second kappa shape index (κ2) is 19.0. The standard InChI is InChI=1S/C30H40N7O17P3S3/c1-13-7-35(28(41)32-25(13)31)23-5-17(19(10-38)49-23)53-56(45,59)48-12-21-18(6-24(51-21)37-9-15(3)27(40)34-30(37)43)54-57(46,60)47-11-20-16(52-55(44)58)4-22(50-20)36-8-14(2)26(39)33-29(36)42/h7-9,16-24,38H,4-6,10-12H2,1-3H3,(H6-,31,32,33,34,39,40,41,42,43,44,45,46,58,59,60)/p+1/t16-,17?,18-,19+,20?,21?,22?,23?,24?,56?,57?/m0/s1. The molecular weight excluding hydrogens is 919 g/mol. The molecule has 0 bridgehead atoms. The third kappa shape index (κ3) is 11.1. The Morgan fingerprint density at radius 3 is 1.85 bits per heavy atom. The minimum absolute atomic E-state index is 0.0287. The number of rotatable bonds is 16. The van der Waals surface area contributed by atoms with Crippen LogP contribution < -0.4 is 33.9 Å². The minimum atomic E-state index is -4.43. The Hall–Kier alpha value is -2.68. The lowest BCUT2D eigenvalue weighted by Gasteiger charge is -2.26. The summed E-state index contributed by atoms with van der Waals surface area (Å²) in [7, 11) is -2.49. The van der Waals surface area contributed by atoms with Crippen LogP contribution in [0.4, 0.5) is 5.82 Å². The highest BCUT2D eigenvalue weighted by Gasteiger charge is 2.46. The highest BCUT2D eigenvalue weighted by molar-refractivity contribution is 8.44. The molecule has 3 saturated heterocycles. The number of thiol groups is 2. The van der Waals surface area contributed by atoms with E-state index in [-0.39, 0.29) is 36.2 Å². The van der Waals surface area contributed by atoms with E-state index in [2.05, 4.69) is 39.4 Å². The van der Waals surface area contributed by atoms with Crippen LogP contribution in [-0.2, 0) is 57.8 Å². The Morgan fingerprint density at radius 2 is 1.30 bits per heavy atom. The van der Waals surface area contributed by atoms with Crippen molar-refractivity contribution < 1.29 is 56.0 Å². The van der Waals surface area contributed by atoms with Gasteiger partial charge >= 0.3 is 37.8 Å². The Balaban J connectivity index is 1.16. The van der Waals surface area contributed by atoms with Gasteiger partial charge in [0.25, 0.3) is 11.1 Å². The predicted molar refractivity (Wildman–Crippen MR) is 219 cm³/mol. The zero-order valence-corrected chi connectivity index (χ0v) is 37.0. The van der Waals surface area contributed by atoms with Crippen LogP contribution in [0, 0.1) is 20.8 Å². The number of nitrogens with two attached hydrogens (primary N) is 1. The molecule has 3 aromatic rings.